The van der Waals surface area contributed by atoms with Crippen LogP contribution in [0.5, 0.6) is 0 Å². The molecule has 0 saturated carbocycles. The number of anilines is 1. The van der Waals surface area contributed by atoms with Crippen LogP contribution in [0.2, 0.25) is 0 Å². The molecule has 1 atom stereocenters. The molecule has 0 fully saturated rings. The summed E-state index contributed by atoms with van der Waals surface area (Å²) in [4.78, 5) is 25.7. The first-order valence-corrected chi connectivity index (χ1v) is 10.9. The molecule has 3 aromatic rings. The van der Waals surface area contributed by atoms with Crippen molar-refractivity contribution in [2.75, 3.05) is 11.9 Å². The summed E-state index contributed by atoms with van der Waals surface area (Å²) in [5.74, 6) is 1.34. The maximum absolute atomic E-state index is 12.5. The van der Waals surface area contributed by atoms with E-state index in [1.54, 1.807) is 23.7 Å². The number of nitrogens with zero attached hydrogens (tertiary/aromatic N) is 3. The number of thiophene rings is 1. The highest BCUT2D eigenvalue weighted by Crippen LogP contribution is 2.38. The Hall–Kier alpha value is -2.73. The predicted octanol–water partition coefficient (Wildman–Crippen LogP) is 4.96. The van der Waals surface area contributed by atoms with Crippen molar-refractivity contribution in [3.63, 3.8) is 0 Å². The Bertz CT molecular complexity index is 1040. The molecule has 1 aliphatic rings. The van der Waals surface area contributed by atoms with Gasteiger partial charge in [0.2, 0.25) is 5.91 Å². The summed E-state index contributed by atoms with van der Waals surface area (Å²) in [7, 11) is 0. The van der Waals surface area contributed by atoms with Gasteiger partial charge in [0.05, 0.1) is 11.9 Å². The van der Waals surface area contributed by atoms with Crippen molar-refractivity contribution in [2.45, 2.75) is 39.8 Å². The third kappa shape index (κ3) is 4.17. The molecule has 29 heavy (non-hydrogen) atoms. The van der Waals surface area contributed by atoms with Crippen LogP contribution in [0.3, 0.4) is 0 Å². The topological polar surface area (TPSA) is 58.1 Å². The summed E-state index contributed by atoms with van der Waals surface area (Å²) in [6, 6.07) is 10.5. The maximum atomic E-state index is 12.5. The number of allylic oxidation sites excluding steroid dienone is 1. The average molecular weight is 407 g/mol. The number of carbonyl (C=O) groups is 1. The number of amides is 1. The second kappa shape index (κ2) is 8.33. The number of nitrogens with one attached hydrogen (secondary N) is 1. The van der Waals surface area contributed by atoms with Crippen LogP contribution in [0.4, 0.5) is 5.82 Å². The molecule has 1 aliphatic heterocycles. The highest BCUT2D eigenvalue weighted by Gasteiger charge is 2.25. The van der Waals surface area contributed by atoms with E-state index in [9.17, 15) is 4.79 Å². The lowest BCUT2D eigenvalue weighted by Gasteiger charge is -2.26. The Labute approximate surface area is 175 Å². The Morgan fingerprint density at radius 1 is 1.21 bits per heavy atom. The third-order valence-corrected chi connectivity index (χ3v) is 6.35. The minimum atomic E-state index is 0.0870. The van der Waals surface area contributed by atoms with Gasteiger partial charge < -0.3 is 10.2 Å². The molecular weight excluding hydrogens is 380 g/mol. The smallest absolute Gasteiger partial charge is 0.246 e. The molecular formula is C23H26N4OS. The van der Waals surface area contributed by atoms with E-state index in [4.69, 9.17) is 0 Å². The number of rotatable bonds is 5. The fourth-order valence-electron chi connectivity index (χ4n) is 3.64. The number of aromatic nitrogens is 2. The van der Waals surface area contributed by atoms with Gasteiger partial charge >= 0.3 is 0 Å². The molecule has 0 radical (unpaired) electrons. The second-order valence-corrected chi connectivity index (χ2v) is 8.88. The summed E-state index contributed by atoms with van der Waals surface area (Å²) in [5, 5.41) is 4.68. The van der Waals surface area contributed by atoms with Gasteiger partial charge in [-0.25, -0.2) is 9.97 Å². The van der Waals surface area contributed by atoms with Crippen molar-refractivity contribution in [3.05, 3.63) is 64.8 Å². The Kier molecular flexibility index (Phi) is 5.62. The van der Waals surface area contributed by atoms with Gasteiger partial charge in [-0.05, 0) is 36.5 Å². The molecule has 1 unspecified atom stereocenters. The van der Waals surface area contributed by atoms with Crippen LogP contribution in [0.1, 0.15) is 42.8 Å². The molecule has 150 valence electrons. The van der Waals surface area contributed by atoms with Crippen molar-refractivity contribution >= 4 is 33.3 Å². The summed E-state index contributed by atoms with van der Waals surface area (Å²) < 4.78 is 0. The van der Waals surface area contributed by atoms with E-state index in [0.717, 1.165) is 29.0 Å². The summed E-state index contributed by atoms with van der Waals surface area (Å²) in [6.45, 7) is 7.67. The molecule has 1 N–H and O–H groups in total. The van der Waals surface area contributed by atoms with E-state index < -0.39 is 0 Å². The maximum Gasteiger partial charge on any atom is 0.246 e. The lowest BCUT2D eigenvalue weighted by Crippen LogP contribution is -2.34. The minimum Gasteiger partial charge on any atom is -0.363 e. The van der Waals surface area contributed by atoms with Crippen molar-refractivity contribution in [1.82, 2.24) is 14.9 Å². The molecule has 3 heterocycles. The van der Waals surface area contributed by atoms with Crippen molar-refractivity contribution < 1.29 is 4.79 Å². The average Bonchev–Trinajstić information content (AvgIpc) is 3.11. The fourth-order valence-corrected chi connectivity index (χ4v) is 4.84. The molecule has 0 saturated heterocycles. The van der Waals surface area contributed by atoms with Gasteiger partial charge in [-0.1, -0.05) is 50.3 Å². The number of hydrogen-bond acceptors (Lipinski definition) is 5. The molecule has 0 bridgehead atoms. The third-order valence-electron chi connectivity index (χ3n) is 5.23. The van der Waals surface area contributed by atoms with Crippen molar-refractivity contribution in [1.29, 1.82) is 0 Å². The monoisotopic (exact) mass is 406 g/mol. The van der Waals surface area contributed by atoms with E-state index in [2.05, 4.69) is 60.3 Å². The molecule has 5 nitrogen and oxygen atoms in total. The van der Waals surface area contributed by atoms with E-state index in [1.165, 1.54) is 16.0 Å². The number of hydrogen-bond donors (Lipinski definition) is 1. The SMILES string of the molecule is CC(C)C=CC(=O)N1CCc2c(sc3ncnc(NC(C)c4ccccc4)c23)C1. The van der Waals surface area contributed by atoms with Crippen LogP contribution in [0.25, 0.3) is 10.2 Å². The zero-order chi connectivity index (χ0) is 20.4. The highest BCUT2D eigenvalue weighted by molar-refractivity contribution is 7.19. The van der Waals surface area contributed by atoms with Crippen molar-refractivity contribution in [2.24, 2.45) is 5.92 Å². The molecule has 0 spiro atoms. The number of fused-ring (bicyclic) bond motifs is 3. The predicted molar refractivity (Wildman–Crippen MR) is 119 cm³/mol. The van der Waals surface area contributed by atoms with Gasteiger partial charge in [0.15, 0.2) is 0 Å². The first-order chi connectivity index (χ1) is 14.0. The molecule has 0 aliphatic carbocycles. The summed E-state index contributed by atoms with van der Waals surface area (Å²) >= 11 is 1.67. The zero-order valence-corrected chi connectivity index (χ0v) is 17.9. The summed E-state index contributed by atoms with van der Waals surface area (Å²) in [5.41, 5.74) is 2.50. The van der Waals surface area contributed by atoms with E-state index in [-0.39, 0.29) is 11.9 Å². The number of benzene rings is 1. The summed E-state index contributed by atoms with van der Waals surface area (Å²) in [6.07, 6.45) is 6.12. The second-order valence-electron chi connectivity index (χ2n) is 7.80. The molecule has 1 amide bonds. The molecule has 2 aromatic heterocycles. The lowest BCUT2D eigenvalue weighted by atomic mass is 10.0. The van der Waals surface area contributed by atoms with Gasteiger partial charge in [0.25, 0.3) is 0 Å². The van der Waals surface area contributed by atoms with Crippen LogP contribution in [-0.4, -0.2) is 27.3 Å². The van der Waals surface area contributed by atoms with E-state index in [0.29, 0.717) is 12.5 Å². The van der Waals surface area contributed by atoms with Gasteiger partial charge in [0, 0.05) is 17.5 Å². The molecule has 6 heteroatoms. The first-order valence-electron chi connectivity index (χ1n) is 10.1. The van der Waals surface area contributed by atoms with Crippen LogP contribution in [0.15, 0.2) is 48.8 Å². The quantitative estimate of drug-likeness (QED) is 0.608. The standard InChI is InChI=1S/C23H26N4OS/c1-15(2)9-10-20(28)27-12-11-18-19(13-27)29-23-21(18)22(24-14-25-23)26-16(3)17-7-5-4-6-8-17/h4-10,14-16H,11-13H2,1-3H3,(H,24,25,26). The normalized spacial score (nSPS) is 15.1. The molecule has 4 rings (SSSR count). The van der Waals surface area contributed by atoms with Crippen LogP contribution < -0.4 is 5.32 Å². The van der Waals surface area contributed by atoms with Crippen LogP contribution >= 0.6 is 11.3 Å². The van der Waals surface area contributed by atoms with Gasteiger partial charge in [0.1, 0.15) is 17.0 Å². The van der Waals surface area contributed by atoms with E-state index in [1.807, 2.05) is 17.0 Å². The van der Waals surface area contributed by atoms with Gasteiger partial charge in [-0.3, -0.25) is 4.79 Å². The van der Waals surface area contributed by atoms with Crippen LogP contribution in [-0.2, 0) is 17.8 Å². The van der Waals surface area contributed by atoms with Gasteiger partial charge in [-0.2, -0.15) is 0 Å². The number of carbonyl (C=O) groups excluding carboxylic acids is 1. The minimum absolute atomic E-state index is 0.0870. The Balaban J connectivity index is 1.60. The van der Waals surface area contributed by atoms with Crippen LogP contribution in [0, 0.1) is 5.92 Å². The highest BCUT2D eigenvalue weighted by atomic mass is 32.1. The zero-order valence-electron chi connectivity index (χ0n) is 17.1. The first kappa shape index (κ1) is 19.6. The fraction of sp³-hybridized carbons (Fsp3) is 0.348. The van der Waals surface area contributed by atoms with E-state index >= 15 is 0 Å². The molecule has 1 aromatic carbocycles. The Morgan fingerprint density at radius 3 is 2.76 bits per heavy atom. The van der Waals surface area contributed by atoms with Crippen molar-refractivity contribution in [3.8, 4) is 0 Å². The lowest BCUT2D eigenvalue weighted by molar-refractivity contribution is -0.126. The Morgan fingerprint density at radius 2 is 2.00 bits per heavy atom. The largest absolute Gasteiger partial charge is 0.363 e. The van der Waals surface area contributed by atoms with Gasteiger partial charge in [-0.15, -0.1) is 11.3 Å².